The van der Waals surface area contributed by atoms with Crippen molar-refractivity contribution in [3.05, 3.63) is 12.3 Å². The molecule has 0 bridgehead atoms. The van der Waals surface area contributed by atoms with Crippen LogP contribution in [0, 0.1) is 0 Å². The van der Waals surface area contributed by atoms with Crippen LogP contribution >= 0.6 is 0 Å². The molecule has 0 amide bonds. The third-order valence-electron chi connectivity index (χ3n) is 1.79. The molecule has 0 unspecified atom stereocenters. The highest BCUT2D eigenvalue weighted by Crippen LogP contribution is 2.22. The molecule has 0 saturated heterocycles. The molecule has 0 aliphatic rings. The summed E-state index contributed by atoms with van der Waals surface area (Å²) in [7, 11) is 0. The van der Waals surface area contributed by atoms with Crippen LogP contribution < -0.4 is 10.1 Å². The second-order valence-corrected chi connectivity index (χ2v) is 3.80. The molecule has 0 atom stereocenters. The van der Waals surface area contributed by atoms with Crippen LogP contribution in [0.25, 0.3) is 0 Å². The Morgan fingerprint density at radius 3 is 2.61 bits per heavy atom. The molecular weight excluding hydrogens is 254 g/mol. The number of halogens is 4. The summed E-state index contributed by atoms with van der Waals surface area (Å²) in [6, 6.07) is 1.44. The number of hydrogen-bond acceptors (Lipinski definition) is 4. The van der Waals surface area contributed by atoms with Crippen LogP contribution in [0.1, 0.15) is 13.8 Å². The highest BCUT2D eigenvalue weighted by molar-refractivity contribution is 5.27. The SMILES string of the molecule is CC(C)Oc1ccnc(NCC(F)(F)C(F)F)n1. The summed E-state index contributed by atoms with van der Waals surface area (Å²) in [4.78, 5) is 7.38. The molecule has 0 radical (unpaired) electrons. The summed E-state index contributed by atoms with van der Waals surface area (Å²) in [5, 5.41) is 2.05. The van der Waals surface area contributed by atoms with Gasteiger partial charge in [0.25, 0.3) is 0 Å². The van der Waals surface area contributed by atoms with Crippen molar-refractivity contribution < 1.29 is 22.3 Å². The van der Waals surface area contributed by atoms with Crippen LogP contribution in [-0.2, 0) is 0 Å². The highest BCUT2D eigenvalue weighted by atomic mass is 19.3. The number of ether oxygens (including phenoxy) is 1. The Morgan fingerprint density at radius 1 is 1.39 bits per heavy atom. The molecule has 0 saturated carbocycles. The van der Waals surface area contributed by atoms with E-state index in [2.05, 4.69) is 9.97 Å². The maximum atomic E-state index is 12.6. The minimum atomic E-state index is -4.13. The van der Waals surface area contributed by atoms with E-state index < -0.39 is 18.9 Å². The van der Waals surface area contributed by atoms with Gasteiger partial charge in [-0.25, -0.2) is 13.8 Å². The standard InChI is InChI=1S/C10H13F4N3O/c1-6(2)18-7-3-4-15-9(17-7)16-5-10(13,14)8(11)12/h3-4,6,8H,5H2,1-2H3,(H,15,16,17). The molecule has 0 aromatic carbocycles. The van der Waals surface area contributed by atoms with E-state index in [0.29, 0.717) is 0 Å². The van der Waals surface area contributed by atoms with E-state index in [1.165, 1.54) is 12.3 Å². The van der Waals surface area contributed by atoms with E-state index in [-0.39, 0.29) is 17.9 Å². The molecule has 8 heteroatoms. The predicted octanol–water partition coefficient (Wildman–Crippen LogP) is 2.58. The van der Waals surface area contributed by atoms with Gasteiger partial charge in [-0.05, 0) is 13.8 Å². The quantitative estimate of drug-likeness (QED) is 0.805. The van der Waals surface area contributed by atoms with Crippen molar-refractivity contribution in [1.82, 2.24) is 9.97 Å². The van der Waals surface area contributed by atoms with Crippen molar-refractivity contribution in [3.8, 4) is 5.88 Å². The summed E-state index contributed by atoms with van der Waals surface area (Å²) in [5.74, 6) is -4.13. The van der Waals surface area contributed by atoms with Gasteiger partial charge < -0.3 is 10.1 Å². The Bertz CT molecular complexity index is 387. The number of nitrogens with zero attached hydrogens (tertiary/aromatic N) is 2. The van der Waals surface area contributed by atoms with Crippen molar-refractivity contribution in [2.75, 3.05) is 11.9 Å². The lowest BCUT2D eigenvalue weighted by Gasteiger charge is -2.16. The number of alkyl halides is 4. The molecule has 102 valence electrons. The lowest BCUT2D eigenvalue weighted by Crippen LogP contribution is -2.35. The number of nitrogens with one attached hydrogen (secondary N) is 1. The molecule has 1 aromatic rings. The fraction of sp³-hybridized carbons (Fsp3) is 0.600. The smallest absolute Gasteiger partial charge is 0.324 e. The monoisotopic (exact) mass is 267 g/mol. The number of anilines is 1. The molecule has 0 aliphatic carbocycles. The first-order chi connectivity index (χ1) is 8.31. The Kier molecular flexibility index (Phi) is 4.69. The average Bonchev–Trinajstić information content (AvgIpc) is 2.26. The molecule has 1 N–H and O–H groups in total. The Hall–Kier alpha value is -1.60. The number of hydrogen-bond donors (Lipinski definition) is 1. The molecule has 4 nitrogen and oxygen atoms in total. The van der Waals surface area contributed by atoms with Crippen LogP contribution in [0.15, 0.2) is 12.3 Å². The Morgan fingerprint density at radius 2 is 2.06 bits per heavy atom. The Balaban J connectivity index is 2.63. The van der Waals surface area contributed by atoms with Crippen molar-refractivity contribution in [2.24, 2.45) is 0 Å². The van der Waals surface area contributed by atoms with E-state index in [9.17, 15) is 17.6 Å². The van der Waals surface area contributed by atoms with Gasteiger partial charge in [-0.1, -0.05) is 0 Å². The van der Waals surface area contributed by atoms with Crippen LogP contribution in [-0.4, -0.2) is 35.0 Å². The minimum absolute atomic E-state index is 0.143. The van der Waals surface area contributed by atoms with Gasteiger partial charge in [0, 0.05) is 12.3 Å². The fourth-order valence-electron chi connectivity index (χ4n) is 1.01. The van der Waals surface area contributed by atoms with Gasteiger partial charge in [0.1, 0.15) is 0 Å². The van der Waals surface area contributed by atoms with Crippen LogP contribution in [0.3, 0.4) is 0 Å². The third-order valence-corrected chi connectivity index (χ3v) is 1.79. The van der Waals surface area contributed by atoms with Crippen molar-refractivity contribution in [3.63, 3.8) is 0 Å². The first-order valence-corrected chi connectivity index (χ1v) is 5.21. The van der Waals surface area contributed by atoms with E-state index in [1.54, 1.807) is 13.8 Å². The maximum absolute atomic E-state index is 12.6. The van der Waals surface area contributed by atoms with Gasteiger partial charge in [-0.15, -0.1) is 0 Å². The lowest BCUT2D eigenvalue weighted by atomic mass is 10.3. The van der Waals surface area contributed by atoms with Crippen molar-refractivity contribution in [1.29, 1.82) is 0 Å². The molecule has 0 fully saturated rings. The van der Waals surface area contributed by atoms with E-state index in [4.69, 9.17) is 4.74 Å². The fourth-order valence-corrected chi connectivity index (χ4v) is 1.01. The summed E-state index contributed by atoms with van der Waals surface area (Å²) in [6.07, 6.45) is -2.59. The molecule has 18 heavy (non-hydrogen) atoms. The number of aromatic nitrogens is 2. The summed E-state index contributed by atoms with van der Waals surface area (Å²) < 4.78 is 54.3. The van der Waals surface area contributed by atoms with Crippen LogP contribution in [0.2, 0.25) is 0 Å². The second-order valence-electron chi connectivity index (χ2n) is 3.80. The van der Waals surface area contributed by atoms with Crippen molar-refractivity contribution >= 4 is 5.95 Å². The largest absolute Gasteiger partial charge is 0.475 e. The molecule has 0 spiro atoms. The maximum Gasteiger partial charge on any atom is 0.324 e. The summed E-state index contributed by atoms with van der Waals surface area (Å²) in [6.45, 7) is 2.29. The summed E-state index contributed by atoms with van der Waals surface area (Å²) >= 11 is 0. The lowest BCUT2D eigenvalue weighted by molar-refractivity contribution is -0.117. The summed E-state index contributed by atoms with van der Waals surface area (Å²) in [5.41, 5.74) is 0. The highest BCUT2D eigenvalue weighted by Gasteiger charge is 2.40. The van der Waals surface area contributed by atoms with Gasteiger partial charge in [0.2, 0.25) is 11.8 Å². The van der Waals surface area contributed by atoms with Crippen LogP contribution in [0.4, 0.5) is 23.5 Å². The van der Waals surface area contributed by atoms with E-state index in [0.717, 1.165) is 0 Å². The van der Waals surface area contributed by atoms with Gasteiger partial charge in [-0.3, -0.25) is 0 Å². The average molecular weight is 267 g/mol. The molecule has 1 rings (SSSR count). The van der Waals surface area contributed by atoms with E-state index in [1.807, 2.05) is 5.32 Å². The second kappa shape index (κ2) is 5.83. The molecular formula is C10H13F4N3O. The zero-order chi connectivity index (χ0) is 13.8. The topological polar surface area (TPSA) is 47.0 Å². The Labute approximate surface area is 101 Å². The first-order valence-electron chi connectivity index (χ1n) is 5.21. The van der Waals surface area contributed by atoms with Crippen molar-refractivity contribution in [2.45, 2.75) is 32.3 Å². The van der Waals surface area contributed by atoms with Gasteiger partial charge in [0.05, 0.1) is 12.6 Å². The zero-order valence-corrected chi connectivity index (χ0v) is 9.83. The predicted molar refractivity (Wildman–Crippen MR) is 57.2 cm³/mol. The van der Waals surface area contributed by atoms with Gasteiger partial charge >= 0.3 is 12.3 Å². The molecule has 0 aliphatic heterocycles. The van der Waals surface area contributed by atoms with Crippen LogP contribution in [0.5, 0.6) is 5.88 Å². The van der Waals surface area contributed by atoms with Gasteiger partial charge in [0.15, 0.2) is 0 Å². The molecule has 1 heterocycles. The minimum Gasteiger partial charge on any atom is -0.475 e. The molecule has 1 aromatic heterocycles. The number of rotatable bonds is 6. The van der Waals surface area contributed by atoms with Gasteiger partial charge in [-0.2, -0.15) is 13.8 Å². The normalized spacial score (nSPS) is 12.0. The van der Waals surface area contributed by atoms with E-state index >= 15 is 0 Å². The first kappa shape index (κ1) is 14.5. The zero-order valence-electron chi connectivity index (χ0n) is 9.83. The third kappa shape index (κ3) is 4.34.